The van der Waals surface area contributed by atoms with Crippen molar-refractivity contribution in [2.24, 2.45) is 0 Å². The maximum atomic E-state index is 9.00. The maximum absolute atomic E-state index is 9.00. The van der Waals surface area contributed by atoms with Crippen LogP contribution < -0.4 is 10.2 Å². The molecule has 0 radical (unpaired) electrons. The van der Waals surface area contributed by atoms with E-state index in [1.54, 1.807) is 6.07 Å². The van der Waals surface area contributed by atoms with Crippen molar-refractivity contribution in [1.29, 1.82) is 0 Å². The summed E-state index contributed by atoms with van der Waals surface area (Å²) in [6.45, 7) is 5.04. The van der Waals surface area contributed by atoms with Gasteiger partial charge in [-0.05, 0) is 55.7 Å². The van der Waals surface area contributed by atoms with Gasteiger partial charge in [-0.15, -0.1) is 0 Å². The van der Waals surface area contributed by atoms with Gasteiger partial charge in [0.2, 0.25) is 0 Å². The molecule has 3 rings (SSSR count). The minimum atomic E-state index is -0.0520. The third-order valence-electron chi connectivity index (χ3n) is 4.01. The van der Waals surface area contributed by atoms with E-state index in [9.17, 15) is 0 Å². The lowest BCUT2D eigenvalue weighted by molar-refractivity contribution is 0.244. The molecular formula is C17H22N2O2. The van der Waals surface area contributed by atoms with Crippen LogP contribution in [0.5, 0.6) is 0 Å². The summed E-state index contributed by atoms with van der Waals surface area (Å²) in [5, 5.41) is 12.4. The standard InChI is InChI=1S/C17H22N2O2/c1-13-10-14(19-8-2-3-9-19)4-7-17(13)18-11-15-5-6-16(12-20)21-15/h4-7,10,18,20H,2-3,8-9,11-12H2,1H3. The number of nitrogens with zero attached hydrogens (tertiary/aromatic N) is 1. The molecule has 0 amide bonds. The van der Waals surface area contributed by atoms with Gasteiger partial charge >= 0.3 is 0 Å². The molecule has 1 aliphatic rings. The monoisotopic (exact) mass is 286 g/mol. The van der Waals surface area contributed by atoms with Crippen LogP contribution in [0.2, 0.25) is 0 Å². The summed E-state index contributed by atoms with van der Waals surface area (Å²) in [5.41, 5.74) is 3.68. The van der Waals surface area contributed by atoms with E-state index in [0.29, 0.717) is 12.3 Å². The lowest BCUT2D eigenvalue weighted by Crippen LogP contribution is -2.17. The van der Waals surface area contributed by atoms with Crippen molar-refractivity contribution in [3.63, 3.8) is 0 Å². The SMILES string of the molecule is Cc1cc(N2CCCC2)ccc1NCc1ccc(CO)o1. The highest BCUT2D eigenvalue weighted by Gasteiger charge is 2.13. The van der Waals surface area contributed by atoms with Crippen LogP contribution in [0.1, 0.15) is 29.9 Å². The van der Waals surface area contributed by atoms with Crippen molar-refractivity contribution in [2.75, 3.05) is 23.3 Å². The minimum Gasteiger partial charge on any atom is -0.462 e. The van der Waals surface area contributed by atoms with Crippen LogP contribution >= 0.6 is 0 Å². The highest BCUT2D eigenvalue weighted by atomic mass is 16.4. The van der Waals surface area contributed by atoms with Gasteiger partial charge in [0, 0.05) is 24.5 Å². The zero-order chi connectivity index (χ0) is 14.7. The van der Waals surface area contributed by atoms with Gasteiger partial charge in [0.15, 0.2) is 0 Å². The molecule has 4 heteroatoms. The molecule has 0 unspecified atom stereocenters. The Morgan fingerprint density at radius 3 is 2.57 bits per heavy atom. The molecule has 1 saturated heterocycles. The predicted molar refractivity (Wildman–Crippen MR) is 84.6 cm³/mol. The van der Waals surface area contributed by atoms with Gasteiger partial charge in [-0.25, -0.2) is 0 Å². The van der Waals surface area contributed by atoms with Crippen LogP contribution in [0.15, 0.2) is 34.7 Å². The third kappa shape index (κ3) is 3.22. The Balaban J connectivity index is 1.65. The van der Waals surface area contributed by atoms with Crippen LogP contribution in [-0.4, -0.2) is 18.2 Å². The highest BCUT2D eigenvalue weighted by molar-refractivity contribution is 5.60. The minimum absolute atomic E-state index is 0.0520. The van der Waals surface area contributed by atoms with Gasteiger partial charge in [-0.1, -0.05) is 0 Å². The van der Waals surface area contributed by atoms with Crippen molar-refractivity contribution < 1.29 is 9.52 Å². The largest absolute Gasteiger partial charge is 0.462 e. The van der Waals surface area contributed by atoms with Crippen molar-refractivity contribution >= 4 is 11.4 Å². The summed E-state index contributed by atoms with van der Waals surface area (Å²) in [7, 11) is 0. The Bertz CT molecular complexity index is 601. The van der Waals surface area contributed by atoms with E-state index >= 15 is 0 Å². The Morgan fingerprint density at radius 1 is 1.14 bits per heavy atom. The van der Waals surface area contributed by atoms with Crippen molar-refractivity contribution in [2.45, 2.75) is 32.9 Å². The van der Waals surface area contributed by atoms with E-state index in [1.165, 1.54) is 37.2 Å². The molecule has 0 spiro atoms. The first-order valence-electron chi connectivity index (χ1n) is 7.54. The van der Waals surface area contributed by atoms with Crippen molar-refractivity contribution in [3.8, 4) is 0 Å². The Labute approximate surface area is 125 Å². The molecule has 1 aliphatic heterocycles. The molecule has 0 bridgehead atoms. The van der Waals surface area contributed by atoms with Crippen LogP contribution in [0.25, 0.3) is 0 Å². The topological polar surface area (TPSA) is 48.6 Å². The molecule has 0 atom stereocenters. The van der Waals surface area contributed by atoms with Crippen LogP contribution in [0.3, 0.4) is 0 Å². The average Bonchev–Trinajstić information content (AvgIpc) is 3.17. The van der Waals surface area contributed by atoms with E-state index < -0.39 is 0 Å². The van der Waals surface area contributed by atoms with Crippen LogP contribution in [0.4, 0.5) is 11.4 Å². The maximum Gasteiger partial charge on any atom is 0.129 e. The predicted octanol–water partition coefficient (Wildman–Crippen LogP) is 3.29. The number of hydrogen-bond acceptors (Lipinski definition) is 4. The van der Waals surface area contributed by atoms with Gasteiger partial charge in [-0.2, -0.15) is 0 Å². The molecule has 1 aromatic carbocycles. The lowest BCUT2D eigenvalue weighted by atomic mass is 10.1. The fraction of sp³-hybridized carbons (Fsp3) is 0.412. The molecule has 0 saturated carbocycles. The number of aliphatic hydroxyl groups excluding tert-OH is 1. The second-order valence-corrected chi connectivity index (χ2v) is 5.57. The molecule has 1 aromatic heterocycles. The molecule has 2 heterocycles. The van der Waals surface area contributed by atoms with E-state index in [2.05, 4.69) is 35.3 Å². The average molecular weight is 286 g/mol. The molecule has 1 fully saturated rings. The molecule has 2 aromatic rings. The summed E-state index contributed by atoms with van der Waals surface area (Å²) < 4.78 is 5.48. The first-order valence-corrected chi connectivity index (χ1v) is 7.54. The van der Waals surface area contributed by atoms with Gasteiger partial charge in [-0.3, -0.25) is 0 Å². The molecule has 4 nitrogen and oxygen atoms in total. The van der Waals surface area contributed by atoms with Crippen LogP contribution in [-0.2, 0) is 13.2 Å². The molecule has 2 N–H and O–H groups in total. The van der Waals surface area contributed by atoms with Crippen molar-refractivity contribution in [3.05, 3.63) is 47.4 Å². The zero-order valence-electron chi connectivity index (χ0n) is 12.4. The fourth-order valence-corrected chi connectivity index (χ4v) is 2.80. The number of rotatable bonds is 5. The molecule has 21 heavy (non-hydrogen) atoms. The summed E-state index contributed by atoms with van der Waals surface area (Å²) in [6.07, 6.45) is 2.59. The van der Waals surface area contributed by atoms with Gasteiger partial charge in [0.1, 0.15) is 18.1 Å². The van der Waals surface area contributed by atoms with Crippen LogP contribution in [0, 0.1) is 6.92 Å². The van der Waals surface area contributed by atoms with E-state index in [-0.39, 0.29) is 6.61 Å². The second-order valence-electron chi connectivity index (χ2n) is 5.57. The summed E-state index contributed by atoms with van der Waals surface area (Å²) in [4.78, 5) is 2.44. The fourth-order valence-electron chi connectivity index (χ4n) is 2.80. The van der Waals surface area contributed by atoms with Crippen molar-refractivity contribution in [1.82, 2.24) is 0 Å². The smallest absolute Gasteiger partial charge is 0.129 e. The Hall–Kier alpha value is -1.94. The Kier molecular flexibility index (Phi) is 4.15. The van der Waals surface area contributed by atoms with E-state index in [4.69, 9.17) is 9.52 Å². The lowest BCUT2D eigenvalue weighted by Gasteiger charge is -2.19. The summed E-state index contributed by atoms with van der Waals surface area (Å²) >= 11 is 0. The number of furan rings is 1. The summed E-state index contributed by atoms with van der Waals surface area (Å²) in [6, 6.07) is 10.3. The number of aliphatic hydroxyl groups is 1. The van der Waals surface area contributed by atoms with Gasteiger partial charge in [0.25, 0.3) is 0 Å². The van der Waals surface area contributed by atoms with E-state index in [1.807, 2.05) is 6.07 Å². The zero-order valence-corrected chi connectivity index (χ0v) is 12.4. The number of benzene rings is 1. The third-order valence-corrected chi connectivity index (χ3v) is 4.01. The quantitative estimate of drug-likeness (QED) is 0.885. The molecular weight excluding hydrogens is 264 g/mol. The molecule has 0 aliphatic carbocycles. The summed E-state index contributed by atoms with van der Waals surface area (Å²) in [5.74, 6) is 1.44. The number of aryl methyl sites for hydroxylation is 1. The number of anilines is 2. The Morgan fingerprint density at radius 2 is 1.90 bits per heavy atom. The van der Waals surface area contributed by atoms with Gasteiger partial charge in [0.05, 0.1) is 6.54 Å². The second kappa shape index (κ2) is 6.22. The number of nitrogens with one attached hydrogen (secondary N) is 1. The molecule has 112 valence electrons. The normalized spacial score (nSPS) is 14.7. The number of hydrogen-bond donors (Lipinski definition) is 2. The highest BCUT2D eigenvalue weighted by Crippen LogP contribution is 2.26. The first kappa shape index (κ1) is 14.0. The van der Waals surface area contributed by atoms with Gasteiger partial charge < -0.3 is 19.7 Å². The first-order chi connectivity index (χ1) is 10.3. The van der Waals surface area contributed by atoms with E-state index in [0.717, 1.165) is 11.4 Å².